The SMILES string of the molecule is CCC(C)(CC(C)C=O)C(=O)OCC1CCCO1. The maximum atomic E-state index is 12.1. The zero-order chi connectivity index (χ0) is 13.6. The molecule has 104 valence electrons. The van der Waals surface area contributed by atoms with Crippen LogP contribution >= 0.6 is 0 Å². The van der Waals surface area contributed by atoms with Gasteiger partial charge in [0.2, 0.25) is 0 Å². The van der Waals surface area contributed by atoms with Gasteiger partial charge >= 0.3 is 5.97 Å². The van der Waals surface area contributed by atoms with E-state index in [9.17, 15) is 9.59 Å². The van der Waals surface area contributed by atoms with Crippen molar-refractivity contribution in [3.05, 3.63) is 0 Å². The van der Waals surface area contributed by atoms with Gasteiger partial charge in [-0.3, -0.25) is 4.79 Å². The van der Waals surface area contributed by atoms with Gasteiger partial charge in [-0.25, -0.2) is 0 Å². The van der Waals surface area contributed by atoms with E-state index in [0.717, 1.165) is 25.7 Å². The molecular formula is C14H24O4. The lowest BCUT2D eigenvalue weighted by Crippen LogP contribution is -2.33. The average molecular weight is 256 g/mol. The van der Waals surface area contributed by atoms with E-state index in [-0.39, 0.29) is 18.0 Å². The van der Waals surface area contributed by atoms with Crippen LogP contribution in [0.1, 0.15) is 46.5 Å². The van der Waals surface area contributed by atoms with E-state index in [4.69, 9.17) is 9.47 Å². The number of esters is 1. The number of carbonyl (C=O) groups excluding carboxylic acids is 2. The number of hydrogen-bond donors (Lipinski definition) is 0. The lowest BCUT2D eigenvalue weighted by molar-refractivity contribution is -0.159. The molecule has 0 N–H and O–H groups in total. The third kappa shape index (κ3) is 4.09. The number of aldehydes is 1. The second-order valence-corrected chi connectivity index (χ2v) is 5.47. The standard InChI is InChI=1S/C14H24O4/c1-4-14(3,8-11(2)9-15)13(16)18-10-12-6-5-7-17-12/h9,11-12H,4-8,10H2,1-3H3. The minimum atomic E-state index is -0.571. The topological polar surface area (TPSA) is 52.6 Å². The summed E-state index contributed by atoms with van der Waals surface area (Å²) >= 11 is 0. The maximum absolute atomic E-state index is 12.1. The number of carbonyl (C=O) groups is 2. The Balaban J connectivity index is 2.46. The first-order chi connectivity index (χ1) is 8.51. The van der Waals surface area contributed by atoms with Gasteiger partial charge in [-0.1, -0.05) is 13.8 Å². The molecule has 1 saturated heterocycles. The Morgan fingerprint density at radius 1 is 1.61 bits per heavy atom. The molecule has 18 heavy (non-hydrogen) atoms. The minimum absolute atomic E-state index is 0.0542. The van der Waals surface area contributed by atoms with Crippen LogP contribution in [0.25, 0.3) is 0 Å². The molecule has 0 aliphatic carbocycles. The first kappa shape index (κ1) is 15.2. The fourth-order valence-electron chi connectivity index (χ4n) is 2.25. The van der Waals surface area contributed by atoms with Crippen LogP contribution in [0.4, 0.5) is 0 Å². The molecule has 1 fully saturated rings. The Morgan fingerprint density at radius 3 is 2.83 bits per heavy atom. The lowest BCUT2D eigenvalue weighted by atomic mass is 9.79. The van der Waals surface area contributed by atoms with Gasteiger partial charge in [0.05, 0.1) is 11.5 Å². The molecule has 1 rings (SSSR count). The van der Waals surface area contributed by atoms with E-state index in [1.54, 1.807) is 0 Å². The first-order valence-electron chi connectivity index (χ1n) is 6.76. The monoisotopic (exact) mass is 256 g/mol. The molecule has 0 aromatic carbocycles. The molecule has 0 aromatic rings. The molecule has 3 atom stereocenters. The van der Waals surface area contributed by atoms with Crippen molar-refractivity contribution in [1.29, 1.82) is 0 Å². The maximum Gasteiger partial charge on any atom is 0.311 e. The Hall–Kier alpha value is -0.900. The number of ether oxygens (including phenoxy) is 2. The summed E-state index contributed by atoms with van der Waals surface area (Å²) in [6.07, 6.45) is 4.16. The molecule has 1 aliphatic heterocycles. The van der Waals surface area contributed by atoms with Crippen LogP contribution in [0.5, 0.6) is 0 Å². The van der Waals surface area contributed by atoms with Gasteiger partial charge in [0.15, 0.2) is 0 Å². The van der Waals surface area contributed by atoms with Gasteiger partial charge in [0.1, 0.15) is 12.9 Å². The molecule has 0 bridgehead atoms. The van der Waals surface area contributed by atoms with Gasteiger partial charge in [0.25, 0.3) is 0 Å². The van der Waals surface area contributed by atoms with Crippen molar-refractivity contribution in [3.8, 4) is 0 Å². The first-order valence-corrected chi connectivity index (χ1v) is 6.76. The molecule has 0 radical (unpaired) electrons. The highest BCUT2D eigenvalue weighted by Gasteiger charge is 2.35. The van der Waals surface area contributed by atoms with E-state index in [1.165, 1.54) is 0 Å². The van der Waals surface area contributed by atoms with E-state index >= 15 is 0 Å². The third-order valence-electron chi connectivity index (χ3n) is 3.70. The van der Waals surface area contributed by atoms with Crippen LogP contribution < -0.4 is 0 Å². The predicted octanol–water partition coefficient (Wildman–Crippen LogP) is 2.35. The van der Waals surface area contributed by atoms with E-state index < -0.39 is 5.41 Å². The van der Waals surface area contributed by atoms with Crippen LogP contribution in [0.15, 0.2) is 0 Å². The largest absolute Gasteiger partial charge is 0.463 e. The van der Waals surface area contributed by atoms with Crippen LogP contribution in [0.3, 0.4) is 0 Å². The minimum Gasteiger partial charge on any atom is -0.463 e. The second-order valence-electron chi connectivity index (χ2n) is 5.47. The molecule has 0 spiro atoms. The molecule has 3 unspecified atom stereocenters. The highest BCUT2D eigenvalue weighted by molar-refractivity contribution is 5.76. The van der Waals surface area contributed by atoms with Crippen molar-refractivity contribution in [2.24, 2.45) is 11.3 Å². The van der Waals surface area contributed by atoms with E-state index in [2.05, 4.69) is 0 Å². The van der Waals surface area contributed by atoms with Crippen LogP contribution in [0.2, 0.25) is 0 Å². The predicted molar refractivity (Wildman–Crippen MR) is 68.2 cm³/mol. The molecule has 4 nitrogen and oxygen atoms in total. The molecule has 1 aliphatic rings. The van der Waals surface area contributed by atoms with Crippen molar-refractivity contribution >= 4 is 12.3 Å². The van der Waals surface area contributed by atoms with Crippen molar-refractivity contribution in [3.63, 3.8) is 0 Å². The molecule has 0 aromatic heterocycles. The van der Waals surface area contributed by atoms with Crippen LogP contribution in [-0.2, 0) is 19.1 Å². The molecule has 0 amide bonds. The molecule has 4 heteroatoms. The van der Waals surface area contributed by atoms with Crippen molar-refractivity contribution in [2.45, 2.75) is 52.6 Å². The van der Waals surface area contributed by atoms with Crippen molar-refractivity contribution in [2.75, 3.05) is 13.2 Å². The molecular weight excluding hydrogens is 232 g/mol. The highest BCUT2D eigenvalue weighted by Crippen LogP contribution is 2.31. The van der Waals surface area contributed by atoms with Gasteiger partial charge in [-0.2, -0.15) is 0 Å². The van der Waals surface area contributed by atoms with Gasteiger partial charge in [0, 0.05) is 12.5 Å². The van der Waals surface area contributed by atoms with Gasteiger partial charge in [-0.15, -0.1) is 0 Å². The Kier molecular flexibility index (Phi) is 5.79. The zero-order valence-electron chi connectivity index (χ0n) is 11.6. The third-order valence-corrected chi connectivity index (χ3v) is 3.70. The lowest BCUT2D eigenvalue weighted by Gasteiger charge is -2.27. The normalized spacial score (nSPS) is 24.3. The fraction of sp³-hybridized carbons (Fsp3) is 0.857. The van der Waals surface area contributed by atoms with Gasteiger partial charge < -0.3 is 14.3 Å². The van der Waals surface area contributed by atoms with Crippen LogP contribution in [0, 0.1) is 11.3 Å². The molecule has 0 saturated carbocycles. The Labute approximate surface area is 109 Å². The van der Waals surface area contributed by atoms with Crippen LogP contribution in [-0.4, -0.2) is 31.6 Å². The smallest absolute Gasteiger partial charge is 0.311 e. The Morgan fingerprint density at radius 2 is 2.33 bits per heavy atom. The highest BCUT2D eigenvalue weighted by atomic mass is 16.6. The summed E-state index contributed by atoms with van der Waals surface area (Å²) in [7, 11) is 0. The van der Waals surface area contributed by atoms with E-state index in [0.29, 0.717) is 19.4 Å². The van der Waals surface area contributed by atoms with E-state index in [1.807, 2.05) is 20.8 Å². The fourth-order valence-corrected chi connectivity index (χ4v) is 2.25. The zero-order valence-corrected chi connectivity index (χ0v) is 11.6. The number of rotatable bonds is 7. The summed E-state index contributed by atoms with van der Waals surface area (Å²) in [4.78, 5) is 22.8. The summed E-state index contributed by atoms with van der Waals surface area (Å²) in [5.41, 5.74) is -0.571. The quantitative estimate of drug-likeness (QED) is 0.518. The summed E-state index contributed by atoms with van der Waals surface area (Å²) in [5.74, 6) is -0.334. The van der Waals surface area contributed by atoms with Crippen molar-refractivity contribution < 1.29 is 19.1 Å². The summed E-state index contributed by atoms with van der Waals surface area (Å²) < 4.78 is 10.8. The van der Waals surface area contributed by atoms with Gasteiger partial charge in [-0.05, 0) is 32.6 Å². The average Bonchev–Trinajstić information content (AvgIpc) is 2.88. The molecule has 1 heterocycles. The summed E-state index contributed by atoms with van der Waals surface area (Å²) in [6, 6.07) is 0. The number of hydrogen-bond acceptors (Lipinski definition) is 4. The summed E-state index contributed by atoms with van der Waals surface area (Å²) in [5, 5.41) is 0. The second kappa shape index (κ2) is 6.88. The van der Waals surface area contributed by atoms with Crippen molar-refractivity contribution in [1.82, 2.24) is 0 Å². The Bertz CT molecular complexity index is 284. The summed E-state index contributed by atoms with van der Waals surface area (Å²) in [6.45, 7) is 6.74.